The summed E-state index contributed by atoms with van der Waals surface area (Å²) in [7, 11) is 1.91. The molecule has 1 amide bonds. The molecular weight excluding hydrogens is 240 g/mol. The van der Waals surface area contributed by atoms with E-state index in [2.05, 4.69) is 17.3 Å². The van der Waals surface area contributed by atoms with Crippen LogP contribution in [0.2, 0.25) is 0 Å². The van der Waals surface area contributed by atoms with Crippen LogP contribution in [0.5, 0.6) is 0 Å². The van der Waals surface area contributed by atoms with E-state index in [1.165, 1.54) is 0 Å². The second kappa shape index (κ2) is 5.56. The lowest BCUT2D eigenvalue weighted by molar-refractivity contribution is -0.117. The number of benzene rings is 1. The normalized spacial score (nSPS) is 12.1. The third-order valence-electron chi connectivity index (χ3n) is 3.06. The molecule has 19 heavy (non-hydrogen) atoms. The zero-order valence-corrected chi connectivity index (χ0v) is 11.1. The van der Waals surface area contributed by atoms with Gasteiger partial charge in [-0.25, -0.2) is 0 Å². The van der Waals surface area contributed by atoms with Gasteiger partial charge in [-0.15, -0.1) is 0 Å². The van der Waals surface area contributed by atoms with Gasteiger partial charge in [0, 0.05) is 18.9 Å². The number of hydrogen-bond acceptors (Lipinski definition) is 3. The highest BCUT2D eigenvalue weighted by atomic mass is 16.1. The van der Waals surface area contributed by atoms with Crippen LogP contribution in [0.25, 0.3) is 0 Å². The Morgan fingerprint density at radius 1 is 1.42 bits per heavy atom. The van der Waals surface area contributed by atoms with Crippen LogP contribution in [-0.4, -0.2) is 15.7 Å². The summed E-state index contributed by atoms with van der Waals surface area (Å²) >= 11 is 0. The molecule has 3 N–H and O–H groups in total. The summed E-state index contributed by atoms with van der Waals surface area (Å²) in [6.45, 7) is 2.05. The minimum Gasteiger partial charge on any atom is -0.377 e. The van der Waals surface area contributed by atoms with Crippen molar-refractivity contribution >= 4 is 11.6 Å². The van der Waals surface area contributed by atoms with Gasteiger partial charge in [-0.3, -0.25) is 9.48 Å². The number of nitrogens with two attached hydrogens (primary N) is 1. The Morgan fingerprint density at radius 2 is 2.16 bits per heavy atom. The molecule has 0 saturated carbocycles. The van der Waals surface area contributed by atoms with E-state index in [0.717, 1.165) is 16.9 Å². The van der Waals surface area contributed by atoms with Gasteiger partial charge in [0.2, 0.25) is 5.91 Å². The second-order valence-corrected chi connectivity index (χ2v) is 4.55. The van der Waals surface area contributed by atoms with E-state index in [4.69, 9.17) is 5.73 Å². The van der Waals surface area contributed by atoms with Crippen molar-refractivity contribution in [1.29, 1.82) is 0 Å². The fourth-order valence-electron chi connectivity index (χ4n) is 2.12. The lowest BCUT2D eigenvalue weighted by Crippen LogP contribution is -2.17. The van der Waals surface area contributed by atoms with Gasteiger partial charge in [-0.05, 0) is 24.6 Å². The van der Waals surface area contributed by atoms with Crippen molar-refractivity contribution in [3.8, 4) is 0 Å². The lowest BCUT2D eigenvalue weighted by atomic mass is 10.1. The molecule has 100 valence electrons. The smallest absolute Gasteiger partial charge is 0.221 e. The van der Waals surface area contributed by atoms with Gasteiger partial charge in [-0.1, -0.05) is 18.2 Å². The Bertz CT molecular complexity index is 576. The number of para-hydroxylation sites is 1. The quantitative estimate of drug-likeness (QED) is 0.856. The first-order valence-corrected chi connectivity index (χ1v) is 6.18. The first-order chi connectivity index (χ1) is 9.08. The molecule has 1 atom stereocenters. The van der Waals surface area contributed by atoms with Crippen molar-refractivity contribution in [3.63, 3.8) is 0 Å². The molecular formula is C14H18N4O. The van der Waals surface area contributed by atoms with Crippen LogP contribution in [-0.2, 0) is 18.3 Å². The standard InChI is InChI=1S/C14H18N4O/c1-10(13-7-8-16-18(13)2)17-12-6-4-3-5-11(12)9-14(15)19/h3-8,10,17H,9H2,1-2H3,(H2,15,19). The number of primary amides is 1. The molecule has 0 radical (unpaired) electrons. The van der Waals surface area contributed by atoms with Gasteiger partial charge >= 0.3 is 0 Å². The van der Waals surface area contributed by atoms with Crippen molar-refractivity contribution in [2.24, 2.45) is 12.8 Å². The van der Waals surface area contributed by atoms with Crippen molar-refractivity contribution in [1.82, 2.24) is 9.78 Å². The Labute approximate surface area is 112 Å². The summed E-state index contributed by atoms with van der Waals surface area (Å²) in [5.74, 6) is -0.331. The lowest BCUT2D eigenvalue weighted by Gasteiger charge is -2.18. The molecule has 2 rings (SSSR count). The fourth-order valence-corrected chi connectivity index (χ4v) is 2.12. The number of carbonyl (C=O) groups excluding carboxylic acids is 1. The summed E-state index contributed by atoms with van der Waals surface area (Å²) in [6, 6.07) is 9.75. The molecule has 0 saturated heterocycles. The highest BCUT2D eigenvalue weighted by Crippen LogP contribution is 2.22. The van der Waals surface area contributed by atoms with E-state index >= 15 is 0 Å². The van der Waals surface area contributed by atoms with E-state index in [-0.39, 0.29) is 18.4 Å². The average Bonchev–Trinajstić information content (AvgIpc) is 2.77. The van der Waals surface area contributed by atoms with Gasteiger partial charge in [0.15, 0.2) is 0 Å². The molecule has 0 aliphatic carbocycles. The van der Waals surface area contributed by atoms with Gasteiger partial charge in [-0.2, -0.15) is 5.10 Å². The number of nitrogens with one attached hydrogen (secondary N) is 1. The zero-order valence-electron chi connectivity index (χ0n) is 11.1. The van der Waals surface area contributed by atoms with Crippen molar-refractivity contribution in [2.45, 2.75) is 19.4 Å². The third-order valence-corrected chi connectivity index (χ3v) is 3.06. The zero-order chi connectivity index (χ0) is 13.8. The first-order valence-electron chi connectivity index (χ1n) is 6.18. The van der Waals surface area contributed by atoms with Gasteiger partial charge in [0.05, 0.1) is 18.2 Å². The molecule has 0 spiro atoms. The molecule has 2 aromatic rings. The maximum Gasteiger partial charge on any atom is 0.221 e. The first kappa shape index (κ1) is 13.1. The minimum absolute atomic E-state index is 0.0986. The van der Waals surface area contributed by atoms with Gasteiger partial charge < -0.3 is 11.1 Å². The van der Waals surface area contributed by atoms with Crippen LogP contribution in [0.1, 0.15) is 24.2 Å². The van der Waals surface area contributed by atoms with E-state index in [9.17, 15) is 4.79 Å². The Morgan fingerprint density at radius 3 is 2.79 bits per heavy atom. The molecule has 0 fully saturated rings. The Kier molecular flexibility index (Phi) is 3.85. The molecule has 0 aliphatic heterocycles. The van der Waals surface area contributed by atoms with Crippen molar-refractivity contribution < 1.29 is 4.79 Å². The fraction of sp³-hybridized carbons (Fsp3) is 0.286. The summed E-state index contributed by atoms with van der Waals surface area (Å²) < 4.78 is 1.83. The third kappa shape index (κ3) is 3.13. The van der Waals surface area contributed by atoms with Crippen LogP contribution in [0.3, 0.4) is 0 Å². The molecule has 5 nitrogen and oxygen atoms in total. The van der Waals surface area contributed by atoms with Crippen molar-refractivity contribution in [3.05, 3.63) is 47.8 Å². The summed E-state index contributed by atoms with van der Waals surface area (Å²) in [4.78, 5) is 11.1. The predicted molar refractivity (Wildman–Crippen MR) is 74.6 cm³/mol. The van der Waals surface area contributed by atoms with E-state index in [1.54, 1.807) is 6.20 Å². The molecule has 0 bridgehead atoms. The predicted octanol–water partition coefficient (Wildman–Crippen LogP) is 1.62. The summed E-state index contributed by atoms with van der Waals surface area (Å²) in [5, 5.41) is 7.54. The van der Waals surface area contributed by atoms with Crippen LogP contribution in [0, 0.1) is 0 Å². The van der Waals surface area contributed by atoms with Crippen molar-refractivity contribution in [2.75, 3.05) is 5.32 Å². The van der Waals surface area contributed by atoms with Gasteiger partial charge in [0.1, 0.15) is 0 Å². The maximum absolute atomic E-state index is 11.1. The average molecular weight is 258 g/mol. The van der Waals surface area contributed by atoms with Crippen LogP contribution in [0.4, 0.5) is 5.69 Å². The number of aromatic nitrogens is 2. The molecule has 0 aliphatic rings. The number of hydrogen-bond donors (Lipinski definition) is 2. The number of anilines is 1. The number of amides is 1. The highest BCUT2D eigenvalue weighted by molar-refractivity contribution is 5.78. The van der Waals surface area contributed by atoms with Crippen LogP contribution >= 0.6 is 0 Å². The monoisotopic (exact) mass is 258 g/mol. The second-order valence-electron chi connectivity index (χ2n) is 4.55. The number of carbonyl (C=O) groups is 1. The number of aryl methyl sites for hydroxylation is 1. The molecule has 1 aromatic carbocycles. The van der Waals surface area contributed by atoms with E-state index in [0.29, 0.717) is 0 Å². The van der Waals surface area contributed by atoms with Gasteiger partial charge in [0.25, 0.3) is 0 Å². The SMILES string of the molecule is CC(Nc1ccccc1CC(N)=O)c1ccnn1C. The molecule has 5 heteroatoms. The number of nitrogens with zero attached hydrogens (tertiary/aromatic N) is 2. The Hall–Kier alpha value is -2.30. The minimum atomic E-state index is -0.331. The van der Waals surface area contributed by atoms with Crippen LogP contribution in [0.15, 0.2) is 36.5 Å². The number of rotatable bonds is 5. The topological polar surface area (TPSA) is 72.9 Å². The summed E-state index contributed by atoms with van der Waals surface area (Å²) in [5.41, 5.74) is 8.17. The van der Waals surface area contributed by atoms with E-state index in [1.807, 2.05) is 42.1 Å². The Balaban J connectivity index is 2.19. The van der Waals surface area contributed by atoms with E-state index < -0.39 is 0 Å². The molecule has 1 unspecified atom stereocenters. The summed E-state index contributed by atoms with van der Waals surface area (Å²) in [6.07, 6.45) is 2.00. The maximum atomic E-state index is 11.1. The largest absolute Gasteiger partial charge is 0.377 e. The molecule has 1 aromatic heterocycles. The van der Waals surface area contributed by atoms with Crippen LogP contribution < -0.4 is 11.1 Å². The highest BCUT2D eigenvalue weighted by Gasteiger charge is 2.11. The molecule has 1 heterocycles.